The van der Waals surface area contributed by atoms with Crippen LogP contribution < -0.4 is 10.5 Å². The number of aryl methyl sites for hydroxylation is 1. The van der Waals surface area contributed by atoms with Crippen LogP contribution >= 0.6 is 12.4 Å². The molecule has 0 radical (unpaired) electrons. The SMILES string of the molecule is Cc1cc(OC(=O)N2CCN(C(=O)[C@@H](N)C(C)(C)C)CC2)n(-c2ccccc2)n1.Cl. The molecule has 164 valence electrons. The minimum atomic E-state index is -0.566. The average molecular weight is 436 g/mol. The number of ether oxygens (including phenoxy) is 1. The van der Waals surface area contributed by atoms with Crippen LogP contribution in [0.25, 0.3) is 5.69 Å². The first-order valence-corrected chi connectivity index (χ1v) is 9.80. The highest BCUT2D eigenvalue weighted by atomic mass is 35.5. The van der Waals surface area contributed by atoms with Gasteiger partial charge in [-0.3, -0.25) is 4.79 Å². The Bertz CT molecular complexity index is 871. The van der Waals surface area contributed by atoms with Gasteiger partial charge in [-0.25, -0.2) is 9.48 Å². The number of piperazine rings is 1. The monoisotopic (exact) mass is 435 g/mol. The second-order valence-corrected chi connectivity index (χ2v) is 8.40. The van der Waals surface area contributed by atoms with Crippen LogP contribution in [0.3, 0.4) is 0 Å². The lowest BCUT2D eigenvalue weighted by atomic mass is 9.86. The molecule has 1 saturated heterocycles. The molecule has 0 spiro atoms. The number of hydrogen-bond acceptors (Lipinski definition) is 5. The van der Waals surface area contributed by atoms with Crippen LogP contribution in [0.1, 0.15) is 26.5 Å². The smallest absolute Gasteiger partial charge is 0.391 e. The summed E-state index contributed by atoms with van der Waals surface area (Å²) >= 11 is 0. The van der Waals surface area contributed by atoms with Gasteiger partial charge in [0, 0.05) is 32.2 Å². The van der Waals surface area contributed by atoms with E-state index in [4.69, 9.17) is 10.5 Å². The largest absolute Gasteiger partial charge is 0.416 e. The van der Waals surface area contributed by atoms with E-state index in [-0.39, 0.29) is 23.7 Å². The summed E-state index contributed by atoms with van der Waals surface area (Å²) < 4.78 is 7.22. The van der Waals surface area contributed by atoms with Crippen LogP contribution in [0, 0.1) is 12.3 Å². The third-order valence-corrected chi connectivity index (χ3v) is 5.04. The molecule has 8 nitrogen and oxygen atoms in total. The third kappa shape index (κ3) is 5.31. The molecule has 2 amide bonds. The van der Waals surface area contributed by atoms with Gasteiger partial charge < -0.3 is 20.3 Å². The van der Waals surface area contributed by atoms with Gasteiger partial charge in [-0.2, -0.15) is 5.10 Å². The Kier molecular flexibility index (Phi) is 7.49. The Labute approximate surface area is 183 Å². The zero-order chi connectivity index (χ0) is 21.2. The number of para-hydroxylation sites is 1. The molecular weight excluding hydrogens is 406 g/mol. The molecule has 1 aliphatic rings. The Morgan fingerprint density at radius 2 is 1.63 bits per heavy atom. The van der Waals surface area contributed by atoms with E-state index in [0.29, 0.717) is 32.1 Å². The molecule has 2 heterocycles. The molecule has 1 fully saturated rings. The minimum absolute atomic E-state index is 0. The number of carbonyl (C=O) groups excluding carboxylic acids is 2. The number of benzene rings is 1. The summed E-state index contributed by atoms with van der Waals surface area (Å²) in [6.45, 7) is 9.37. The maximum absolute atomic E-state index is 12.7. The van der Waals surface area contributed by atoms with Crippen molar-refractivity contribution in [2.45, 2.75) is 33.7 Å². The molecule has 1 atom stereocenters. The maximum atomic E-state index is 12.7. The summed E-state index contributed by atoms with van der Waals surface area (Å²) in [6, 6.07) is 10.7. The molecule has 2 aromatic rings. The molecule has 30 heavy (non-hydrogen) atoms. The molecule has 1 aromatic heterocycles. The number of rotatable bonds is 3. The fourth-order valence-corrected chi connectivity index (χ4v) is 3.13. The number of hydrogen-bond donors (Lipinski definition) is 1. The van der Waals surface area contributed by atoms with Crippen LogP contribution in [0.4, 0.5) is 4.79 Å². The van der Waals surface area contributed by atoms with E-state index in [2.05, 4.69) is 5.10 Å². The van der Waals surface area contributed by atoms with Crippen molar-refractivity contribution in [3.05, 3.63) is 42.1 Å². The van der Waals surface area contributed by atoms with E-state index in [1.165, 1.54) is 0 Å². The summed E-state index contributed by atoms with van der Waals surface area (Å²) in [6.07, 6.45) is -0.450. The molecule has 3 rings (SSSR count). The first-order chi connectivity index (χ1) is 13.7. The van der Waals surface area contributed by atoms with Crippen molar-refractivity contribution in [2.75, 3.05) is 26.2 Å². The molecule has 0 aliphatic carbocycles. The Hall–Kier alpha value is -2.58. The highest BCUT2D eigenvalue weighted by Gasteiger charge is 2.33. The summed E-state index contributed by atoms with van der Waals surface area (Å²) in [7, 11) is 0. The quantitative estimate of drug-likeness (QED) is 0.799. The first kappa shape index (κ1) is 23.7. The topological polar surface area (TPSA) is 93.7 Å². The number of nitrogens with zero attached hydrogens (tertiary/aromatic N) is 4. The summed E-state index contributed by atoms with van der Waals surface area (Å²) in [5.74, 6) is 0.287. The summed E-state index contributed by atoms with van der Waals surface area (Å²) in [5, 5.41) is 4.41. The summed E-state index contributed by atoms with van der Waals surface area (Å²) in [5.41, 5.74) is 7.35. The molecule has 9 heteroatoms. The van der Waals surface area contributed by atoms with Gasteiger partial charge in [-0.1, -0.05) is 39.0 Å². The maximum Gasteiger partial charge on any atom is 0.416 e. The van der Waals surface area contributed by atoms with E-state index >= 15 is 0 Å². The van der Waals surface area contributed by atoms with Gasteiger partial charge in [0.1, 0.15) is 0 Å². The van der Waals surface area contributed by atoms with Crippen LogP contribution in [-0.4, -0.2) is 63.8 Å². The van der Waals surface area contributed by atoms with E-state index in [1.54, 1.807) is 20.5 Å². The first-order valence-electron chi connectivity index (χ1n) is 9.80. The normalized spacial score (nSPS) is 15.4. The van der Waals surface area contributed by atoms with Gasteiger partial charge in [0.15, 0.2) is 0 Å². The zero-order valence-corrected chi connectivity index (χ0v) is 18.7. The van der Waals surface area contributed by atoms with Crippen molar-refractivity contribution in [3.63, 3.8) is 0 Å². The lowest BCUT2D eigenvalue weighted by molar-refractivity contribution is -0.136. The van der Waals surface area contributed by atoms with Gasteiger partial charge in [0.05, 0.1) is 17.4 Å². The average Bonchev–Trinajstić information content (AvgIpc) is 3.07. The molecule has 2 N–H and O–H groups in total. The van der Waals surface area contributed by atoms with Crippen molar-refractivity contribution in [2.24, 2.45) is 11.1 Å². The molecule has 0 saturated carbocycles. The second kappa shape index (κ2) is 9.49. The van der Waals surface area contributed by atoms with Gasteiger partial charge in [0.2, 0.25) is 11.8 Å². The Morgan fingerprint density at radius 3 is 2.20 bits per heavy atom. The predicted octanol–water partition coefficient (Wildman–Crippen LogP) is 2.62. The van der Waals surface area contributed by atoms with Crippen molar-refractivity contribution in [3.8, 4) is 11.6 Å². The molecule has 0 bridgehead atoms. The third-order valence-electron chi connectivity index (χ3n) is 5.04. The van der Waals surface area contributed by atoms with Gasteiger partial charge in [-0.15, -0.1) is 12.4 Å². The standard InChI is InChI=1S/C21H29N5O3.ClH/c1-15-14-17(26(23-15)16-8-6-5-7-9-16)29-20(28)25-12-10-24(11-13-25)19(27)18(22)21(2,3)4;/h5-9,14,18H,10-13,22H2,1-4H3;1H/t18-;/m1./s1. The fourth-order valence-electron chi connectivity index (χ4n) is 3.13. The van der Waals surface area contributed by atoms with E-state index in [0.717, 1.165) is 11.4 Å². The number of carbonyl (C=O) groups is 2. The van der Waals surface area contributed by atoms with Crippen molar-refractivity contribution < 1.29 is 14.3 Å². The predicted molar refractivity (Wildman–Crippen MR) is 117 cm³/mol. The lowest BCUT2D eigenvalue weighted by Gasteiger charge is -2.37. The fraction of sp³-hybridized carbons (Fsp3) is 0.476. The van der Waals surface area contributed by atoms with Gasteiger partial charge in [0.25, 0.3) is 0 Å². The van der Waals surface area contributed by atoms with Crippen molar-refractivity contribution in [1.29, 1.82) is 0 Å². The van der Waals surface area contributed by atoms with Crippen LogP contribution in [0.2, 0.25) is 0 Å². The van der Waals surface area contributed by atoms with Crippen LogP contribution in [-0.2, 0) is 4.79 Å². The Morgan fingerprint density at radius 1 is 1.07 bits per heavy atom. The number of halogens is 1. The summed E-state index contributed by atoms with van der Waals surface area (Å²) in [4.78, 5) is 28.6. The minimum Gasteiger partial charge on any atom is -0.391 e. The number of aromatic nitrogens is 2. The van der Waals surface area contributed by atoms with E-state index < -0.39 is 12.1 Å². The lowest BCUT2D eigenvalue weighted by Crippen LogP contribution is -2.57. The number of nitrogens with two attached hydrogens (primary N) is 1. The van der Waals surface area contributed by atoms with E-state index in [1.807, 2.05) is 58.0 Å². The van der Waals surface area contributed by atoms with Crippen molar-refractivity contribution >= 4 is 24.4 Å². The molecule has 1 aliphatic heterocycles. The van der Waals surface area contributed by atoms with Crippen molar-refractivity contribution in [1.82, 2.24) is 19.6 Å². The van der Waals surface area contributed by atoms with Gasteiger partial charge in [-0.05, 0) is 24.5 Å². The highest BCUT2D eigenvalue weighted by molar-refractivity contribution is 5.85. The highest BCUT2D eigenvalue weighted by Crippen LogP contribution is 2.22. The molecular formula is C21H30ClN5O3. The zero-order valence-electron chi connectivity index (χ0n) is 17.9. The van der Waals surface area contributed by atoms with Crippen LogP contribution in [0.15, 0.2) is 36.4 Å². The van der Waals surface area contributed by atoms with Crippen LogP contribution in [0.5, 0.6) is 5.88 Å². The molecule has 1 aromatic carbocycles. The number of amides is 2. The molecule has 0 unspecified atom stereocenters. The van der Waals surface area contributed by atoms with E-state index in [9.17, 15) is 9.59 Å². The van der Waals surface area contributed by atoms with Gasteiger partial charge >= 0.3 is 6.09 Å². The Balaban J connectivity index is 0.00000320. The second-order valence-electron chi connectivity index (χ2n) is 8.40.